The predicted molar refractivity (Wildman–Crippen MR) is 150 cm³/mol. The van der Waals surface area contributed by atoms with Crippen LogP contribution in [0.5, 0.6) is 11.5 Å². The summed E-state index contributed by atoms with van der Waals surface area (Å²) in [6, 6.07) is 18.0. The van der Waals surface area contributed by atoms with Gasteiger partial charge in [0.2, 0.25) is 5.76 Å². The SMILES string of the molecule is CCCCCCOc1ccc(C2c3c(oc4cc(C)c(C)cc4c3=O)C(=O)N2c2cccc(OC)c2)cc1. The number of anilines is 1. The molecule has 1 aliphatic rings. The molecule has 38 heavy (non-hydrogen) atoms. The minimum atomic E-state index is -0.648. The fourth-order valence-corrected chi connectivity index (χ4v) is 5.04. The lowest BCUT2D eigenvalue weighted by molar-refractivity contribution is 0.0971. The average molecular weight is 512 g/mol. The lowest BCUT2D eigenvalue weighted by atomic mass is 9.97. The Hall–Kier alpha value is -4.06. The first-order valence-electron chi connectivity index (χ1n) is 13.2. The maximum atomic E-state index is 13.9. The molecule has 0 spiro atoms. The van der Waals surface area contributed by atoms with Crippen molar-refractivity contribution in [1.82, 2.24) is 0 Å². The molecule has 1 unspecified atom stereocenters. The summed E-state index contributed by atoms with van der Waals surface area (Å²) in [6.45, 7) is 6.77. The molecule has 4 aromatic rings. The Kier molecular flexibility index (Phi) is 7.23. The van der Waals surface area contributed by atoms with E-state index in [9.17, 15) is 9.59 Å². The van der Waals surface area contributed by atoms with Crippen molar-refractivity contribution in [2.24, 2.45) is 0 Å². The number of hydrogen-bond acceptors (Lipinski definition) is 5. The first-order valence-corrected chi connectivity index (χ1v) is 13.2. The van der Waals surface area contributed by atoms with Crippen molar-refractivity contribution in [3.8, 4) is 11.5 Å². The number of methoxy groups -OCH3 is 1. The summed E-state index contributed by atoms with van der Waals surface area (Å²) in [4.78, 5) is 29.4. The fourth-order valence-electron chi connectivity index (χ4n) is 5.04. The van der Waals surface area contributed by atoms with E-state index >= 15 is 0 Å². The van der Waals surface area contributed by atoms with Crippen molar-refractivity contribution in [1.29, 1.82) is 0 Å². The second-order valence-corrected chi connectivity index (χ2v) is 9.86. The maximum Gasteiger partial charge on any atom is 0.295 e. The molecular weight excluding hydrogens is 478 g/mol. The van der Waals surface area contributed by atoms with Gasteiger partial charge < -0.3 is 13.9 Å². The first-order chi connectivity index (χ1) is 18.4. The summed E-state index contributed by atoms with van der Waals surface area (Å²) >= 11 is 0. The van der Waals surface area contributed by atoms with Crippen LogP contribution >= 0.6 is 0 Å². The number of aryl methyl sites for hydroxylation is 2. The number of benzene rings is 3. The van der Waals surface area contributed by atoms with Gasteiger partial charge in [0, 0.05) is 11.8 Å². The molecule has 5 rings (SSSR count). The standard InChI is InChI=1S/C32H33NO5/c1-5-6-7-8-16-37-24-14-12-22(13-15-24)29-28-30(34)26-17-20(2)21(3)18-27(26)38-31(28)32(35)33(29)23-10-9-11-25(19-23)36-4/h9-15,17-19,29H,5-8,16H2,1-4H3. The van der Waals surface area contributed by atoms with E-state index in [4.69, 9.17) is 13.9 Å². The molecule has 0 saturated carbocycles. The predicted octanol–water partition coefficient (Wildman–Crippen LogP) is 7.13. The Morgan fingerprint density at radius 3 is 2.39 bits per heavy atom. The average Bonchev–Trinajstić information content (AvgIpc) is 3.22. The van der Waals surface area contributed by atoms with Crippen molar-refractivity contribution >= 4 is 22.6 Å². The molecule has 1 atom stereocenters. The van der Waals surface area contributed by atoms with Crippen LogP contribution in [0.4, 0.5) is 5.69 Å². The zero-order chi connectivity index (χ0) is 26.8. The topological polar surface area (TPSA) is 69.0 Å². The van der Waals surface area contributed by atoms with Crippen molar-refractivity contribution in [3.63, 3.8) is 0 Å². The van der Waals surface area contributed by atoms with E-state index in [-0.39, 0.29) is 17.1 Å². The van der Waals surface area contributed by atoms with Crippen LogP contribution in [-0.4, -0.2) is 19.6 Å². The molecule has 0 saturated heterocycles. The molecule has 0 aliphatic carbocycles. The van der Waals surface area contributed by atoms with Gasteiger partial charge in [-0.3, -0.25) is 14.5 Å². The Bertz CT molecular complexity index is 1540. The van der Waals surface area contributed by atoms with Crippen LogP contribution in [0.3, 0.4) is 0 Å². The molecule has 1 amide bonds. The smallest absolute Gasteiger partial charge is 0.295 e. The quantitative estimate of drug-likeness (QED) is 0.224. The molecule has 196 valence electrons. The van der Waals surface area contributed by atoms with Gasteiger partial charge in [-0.05, 0) is 73.4 Å². The van der Waals surface area contributed by atoms with Crippen LogP contribution in [0.15, 0.2) is 69.9 Å². The molecule has 2 heterocycles. The largest absolute Gasteiger partial charge is 0.497 e. The van der Waals surface area contributed by atoms with E-state index in [1.165, 1.54) is 12.8 Å². The highest BCUT2D eigenvalue weighted by Gasteiger charge is 2.43. The summed E-state index contributed by atoms with van der Waals surface area (Å²) < 4.78 is 17.5. The van der Waals surface area contributed by atoms with Crippen LogP contribution in [0.1, 0.15) is 71.5 Å². The van der Waals surface area contributed by atoms with E-state index in [1.54, 1.807) is 18.1 Å². The Balaban J connectivity index is 1.60. The number of hydrogen-bond donors (Lipinski definition) is 0. The second-order valence-electron chi connectivity index (χ2n) is 9.86. The summed E-state index contributed by atoms with van der Waals surface area (Å²) in [5, 5.41) is 0.476. The molecule has 1 aliphatic heterocycles. The van der Waals surface area contributed by atoms with E-state index in [1.807, 2.05) is 68.4 Å². The minimum absolute atomic E-state index is 0.0785. The van der Waals surface area contributed by atoms with Crippen molar-refractivity contribution in [2.75, 3.05) is 18.6 Å². The summed E-state index contributed by atoms with van der Waals surface area (Å²) in [5.74, 6) is 1.11. The third kappa shape index (κ3) is 4.67. The number of carbonyl (C=O) groups excluding carboxylic acids is 1. The van der Waals surface area contributed by atoms with Gasteiger partial charge in [0.1, 0.15) is 17.1 Å². The highest BCUT2D eigenvalue weighted by atomic mass is 16.5. The van der Waals surface area contributed by atoms with Gasteiger partial charge in [-0.1, -0.05) is 44.4 Å². The Morgan fingerprint density at radius 1 is 0.895 bits per heavy atom. The van der Waals surface area contributed by atoms with Gasteiger partial charge in [-0.25, -0.2) is 0 Å². The molecule has 0 radical (unpaired) electrons. The summed E-state index contributed by atoms with van der Waals surface area (Å²) in [7, 11) is 1.58. The Morgan fingerprint density at radius 2 is 1.66 bits per heavy atom. The summed E-state index contributed by atoms with van der Waals surface area (Å²) in [6.07, 6.45) is 4.54. The fraction of sp³-hybridized carbons (Fsp3) is 0.312. The minimum Gasteiger partial charge on any atom is -0.497 e. The van der Waals surface area contributed by atoms with Crippen LogP contribution in [0, 0.1) is 13.8 Å². The number of unbranched alkanes of at least 4 members (excludes halogenated alkanes) is 3. The molecule has 0 bridgehead atoms. The Labute approximate surface area is 222 Å². The highest BCUT2D eigenvalue weighted by Crippen LogP contribution is 2.42. The van der Waals surface area contributed by atoms with Gasteiger partial charge in [0.15, 0.2) is 5.43 Å². The lowest BCUT2D eigenvalue weighted by Crippen LogP contribution is -2.29. The van der Waals surface area contributed by atoms with E-state index in [2.05, 4.69) is 6.92 Å². The number of fused-ring (bicyclic) bond motifs is 2. The summed E-state index contributed by atoms with van der Waals surface area (Å²) in [5.41, 5.74) is 3.99. The van der Waals surface area contributed by atoms with Gasteiger partial charge in [-0.2, -0.15) is 0 Å². The monoisotopic (exact) mass is 511 g/mol. The van der Waals surface area contributed by atoms with Crippen molar-refractivity contribution < 1.29 is 18.7 Å². The van der Waals surface area contributed by atoms with Crippen LogP contribution < -0.4 is 19.8 Å². The third-order valence-corrected chi connectivity index (χ3v) is 7.28. The number of ether oxygens (including phenoxy) is 2. The van der Waals surface area contributed by atoms with E-state index in [0.717, 1.165) is 35.3 Å². The molecule has 0 fully saturated rings. The van der Waals surface area contributed by atoms with Gasteiger partial charge in [0.25, 0.3) is 5.91 Å². The van der Waals surface area contributed by atoms with Crippen LogP contribution in [0.25, 0.3) is 11.0 Å². The highest BCUT2D eigenvalue weighted by molar-refractivity contribution is 6.10. The number of carbonyl (C=O) groups is 1. The normalized spacial score (nSPS) is 14.7. The van der Waals surface area contributed by atoms with E-state index < -0.39 is 6.04 Å². The van der Waals surface area contributed by atoms with Gasteiger partial charge >= 0.3 is 0 Å². The number of amides is 1. The molecule has 6 nitrogen and oxygen atoms in total. The molecule has 6 heteroatoms. The first kappa shape index (κ1) is 25.6. The third-order valence-electron chi connectivity index (χ3n) is 7.28. The lowest BCUT2D eigenvalue weighted by Gasteiger charge is -2.25. The maximum absolute atomic E-state index is 13.9. The molecule has 3 aromatic carbocycles. The molecule has 0 N–H and O–H groups in total. The van der Waals surface area contributed by atoms with Gasteiger partial charge in [0.05, 0.1) is 30.7 Å². The number of rotatable bonds is 9. The zero-order valence-corrected chi connectivity index (χ0v) is 22.4. The molecular formula is C32H33NO5. The second kappa shape index (κ2) is 10.7. The van der Waals surface area contributed by atoms with Gasteiger partial charge in [-0.15, -0.1) is 0 Å². The van der Waals surface area contributed by atoms with Crippen molar-refractivity contribution in [2.45, 2.75) is 52.5 Å². The van der Waals surface area contributed by atoms with Crippen LogP contribution in [-0.2, 0) is 0 Å². The zero-order valence-electron chi connectivity index (χ0n) is 22.4. The number of nitrogens with zero attached hydrogens (tertiary/aromatic N) is 1. The van der Waals surface area contributed by atoms with E-state index in [0.29, 0.717) is 34.6 Å². The van der Waals surface area contributed by atoms with Crippen LogP contribution in [0.2, 0.25) is 0 Å². The van der Waals surface area contributed by atoms with Crippen molar-refractivity contribution in [3.05, 3.63) is 98.9 Å². The molecule has 1 aromatic heterocycles.